The van der Waals surface area contributed by atoms with E-state index in [0.717, 1.165) is 24.4 Å². The molecule has 2 atom stereocenters. The Morgan fingerprint density at radius 3 is 2.65 bits per heavy atom. The van der Waals surface area contributed by atoms with E-state index in [9.17, 15) is 0 Å². The van der Waals surface area contributed by atoms with Gasteiger partial charge in [0.15, 0.2) is 0 Å². The van der Waals surface area contributed by atoms with Gasteiger partial charge in [0.1, 0.15) is 0 Å². The molecule has 0 aliphatic carbocycles. The lowest BCUT2D eigenvalue weighted by Crippen LogP contribution is -2.45. The van der Waals surface area contributed by atoms with Crippen LogP contribution in [0.2, 0.25) is 5.02 Å². The van der Waals surface area contributed by atoms with E-state index in [4.69, 9.17) is 11.6 Å². The van der Waals surface area contributed by atoms with Crippen LogP contribution in [-0.4, -0.2) is 12.6 Å². The van der Waals surface area contributed by atoms with Crippen molar-refractivity contribution >= 4 is 11.6 Å². The summed E-state index contributed by atoms with van der Waals surface area (Å²) in [5, 5.41) is 4.47. The van der Waals surface area contributed by atoms with E-state index in [1.54, 1.807) is 0 Å². The number of halogens is 1. The van der Waals surface area contributed by atoms with E-state index >= 15 is 0 Å². The summed E-state index contributed by atoms with van der Waals surface area (Å²) in [6, 6.07) is 8.80. The Balaban J connectivity index is 1.88. The second-order valence-corrected chi connectivity index (χ2v) is 5.94. The first-order valence-corrected chi connectivity index (χ1v) is 6.76. The van der Waals surface area contributed by atoms with Crippen LogP contribution >= 0.6 is 11.6 Å². The summed E-state index contributed by atoms with van der Waals surface area (Å²) in [6.07, 6.45) is 4.65. The lowest BCUT2D eigenvalue weighted by Gasteiger charge is -2.37. The molecule has 1 nitrogen and oxygen atoms in total. The van der Waals surface area contributed by atoms with Crippen molar-refractivity contribution in [3.8, 4) is 0 Å². The molecule has 1 fully saturated rings. The third-order valence-electron chi connectivity index (χ3n) is 3.91. The molecule has 1 unspecified atom stereocenters. The van der Waals surface area contributed by atoms with E-state index < -0.39 is 0 Å². The third-order valence-corrected chi connectivity index (χ3v) is 4.16. The minimum absolute atomic E-state index is 0.399. The summed E-state index contributed by atoms with van der Waals surface area (Å²) >= 11 is 5.89. The molecular weight excluding hydrogens is 230 g/mol. The van der Waals surface area contributed by atoms with Gasteiger partial charge < -0.3 is 5.32 Å². The van der Waals surface area contributed by atoms with E-state index in [1.807, 2.05) is 12.1 Å². The smallest absolute Gasteiger partial charge is 0.0406 e. The van der Waals surface area contributed by atoms with Gasteiger partial charge in [0, 0.05) is 17.6 Å². The molecule has 0 amide bonds. The molecule has 17 heavy (non-hydrogen) atoms. The van der Waals surface area contributed by atoms with Crippen molar-refractivity contribution in [1.82, 2.24) is 5.32 Å². The fourth-order valence-corrected chi connectivity index (χ4v) is 2.52. The predicted octanol–water partition coefficient (Wildman–Crippen LogP) is 3.86. The van der Waals surface area contributed by atoms with Gasteiger partial charge in [-0.05, 0) is 48.8 Å². The monoisotopic (exact) mass is 250 g/mol. The molecule has 1 aromatic carbocycles. The maximum atomic E-state index is 5.89. The normalized spacial score (nSPS) is 29.2. The van der Waals surface area contributed by atoms with Crippen LogP contribution in [0.15, 0.2) is 24.3 Å². The number of benzene rings is 1. The van der Waals surface area contributed by atoms with Crippen LogP contribution in [0.4, 0.5) is 0 Å². The molecular formula is C15H21ClN. The van der Waals surface area contributed by atoms with Gasteiger partial charge in [0.2, 0.25) is 0 Å². The molecule has 1 saturated heterocycles. The lowest BCUT2D eigenvalue weighted by atomic mass is 9.78. The van der Waals surface area contributed by atoms with Crippen LogP contribution in [0.3, 0.4) is 0 Å². The predicted molar refractivity (Wildman–Crippen MR) is 74.3 cm³/mol. The van der Waals surface area contributed by atoms with Crippen LogP contribution in [-0.2, 0) is 6.42 Å². The summed E-state index contributed by atoms with van der Waals surface area (Å²) in [6.45, 7) is 7.46. The molecule has 0 bridgehead atoms. The Kier molecular flexibility index (Phi) is 4.11. The molecule has 0 spiro atoms. The molecule has 93 valence electrons. The molecule has 1 aliphatic rings. The fourth-order valence-electron chi connectivity index (χ4n) is 2.40. The summed E-state index contributed by atoms with van der Waals surface area (Å²) in [4.78, 5) is 0. The van der Waals surface area contributed by atoms with Crippen molar-refractivity contribution in [2.24, 2.45) is 5.41 Å². The minimum atomic E-state index is 0.399. The van der Waals surface area contributed by atoms with Crippen molar-refractivity contribution in [3.05, 3.63) is 41.8 Å². The second-order valence-electron chi connectivity index (χ2n) is 5.51. The molecule has 1 N–H and O–H groups in total. The summed E-state index contributed by atoms with van der Waals surface area (Å²) < 4.78 is 0. The average molecular weight is 251 g/mol. The highest BCUT2D eigenvalue weighted by Gasteiger charge is 2.28. The maximum Gasteiger partial charge on any atom is 0.0406 e. The van der Waals surface area contributed by atoms with Crippen molar-refractivity contribution in [2.75, 3.05) is 6.54 Å². The van der Waals surface area contributed by atoms with E-state index in [-0.39, 0.29) is 0 Å². The third kappa shape index (κ3) is 3.46. The van der Waals surface area contributed by atoms with Gasteiger partial charge in [-0.3, -0.25) is 0 Å². The zero-order valence-corrected chi connectivity index (χ0v) is 11.3. The highest BCUT2D eigenvalue weighted by atomic mass is 35.5. The van der Waals surface area contributed by atoms with E-state index in [1.165, 1.54) is 18.4 Å². The fraction of sp³-hybridized carbons (Fsp3) is 0.533. The zero-order valence-electron chi connectivity index (χ0n) is 10.5. The van der Waals surface area contributed by atoms with Crippen LogP contribution in [0.25, 0.3) is 0 Å². The quantitative estimate of drug-likeness (QED) is 0.859. The highest BCUT2D eigenvalue weighted by molar-refractivity contribution is 6.30. The molecule has 2 rings (SSSR count). The standard InChI is InChI=1S/C15H21ClN/c1-3-15(2)9-8-14(17-11-15)10-12-4-6-13(16)7-5-12/h4-7,14,17H,1,3,8-11H2,2H3/t14-,15?/m1/s1. The highest BCUT2D eigenvalue weighted by Crippen LogP contribution is 2.31. The largest absolute Gasteiger partial charge is 0.313 e. The molecule has 1 aromatic rings. The van der Waals surface area contributed by atoms with Crippen LogP contribution in [0.1, 0.15) is 31.7 Å². The first kappa shape index (κ1) is 12.9. The molecule has 0 saturated carbocycles. The van der Waals surface area contributed by atoms with E-state index in [2.05, 4.69) is 31.3 Å². The van der Waals surface area contributed by atoms with Crippen LogP contribution in [0, 0.1) is 12.3 Å². The van der Waals surface area contributed by atoms with Gasteiger partial charge in [-0.15, -0.1) is 0 Å². The molecule has 1 radical (unpaired) electrons. The topological polar surface area (TPSA) is 12.0 Å². The number of hydrogen-bond acceptors (Lipinski definition) is 1. The van der Waals surface area contributed by atoms with Crippen molar-refractivity contribution in [3.63, 3.8) is 0 Å². The van der Waals surface area contributed by atoms with E-state index in [0.29, 0.717) is 11.5 Å². The van der Waals surface area contributed by atoms with Gasteiger partial charge in [-0.2, -0.15) is 0 Å². The number of piperidine rings is 1. The SMILES string of the molecule is [CH2]CC1(C)CC[C@H](Cc2ccc(Cl)cc2)NC1. The minimum Gasteiger partial charge on any atom is -0.313 e. The zero-order chi connectivity index (χ0) is 12.3. The van der Waals surface area contributed by atoms with Gasteiger partial charge in [-0.1, -0.05) is 37.6 Å². The number of hydrogen-bond donors (Lipinski definition) is 1. The first-order valence-electron chi connectivity index (χ1n) is 6.38. The van der Waals surface area contributed by atoms with Gasteiger partial charge in [0.05, 0.1) is 0 Å². The Morgan fingerprint density at radius 1 is 1.41 bits per heavy atom. The Morgan fingerprint density at radius 2 is 2.12 bits per heavy atom. The second kappa shape index (κ2) is 5.41. The van der Waals surface area contributed by atoms with Gasteiger partial charge in [-0.25, -0.2) is 0 Å². The van der Waals surface area contributed by atoms with Crippen LogP contribution < -0.4 is 5.32 Å². The van der Waals surface area contributed by atoms with Crippen molar-refractivity contribution in [2.45, 2.75) is 38.6 Å². The number of nitrogens with one attached hydrogen (secondary N) is 1. The van der Waals surface area contributed by atoms with Gasteiger partial charge in [0.25, 0.3) is 0 Å². The summed E-state index contributed by atoms with van der Waals surface area (Å²) in [5.41, 5.74) is 1.77. The Hall–Kier alpha value is -0.530. The average Bonchev–Trinajstić information content (AvgIpc) is 2.35. The Bertz CT molecular complexity index is 350. The lowest BCUT2D eigenvalue weighted by molar-refractivity contribution is 0.200. The van der Waals surface area contributed by atoms with Crippen LogP contribution in [0.5, 0.6) is 0 Å². The summed E-state index contributed by atoms with van der Waals surface area (Å²) in [7, 11) is 0. The molecule has 1 heterocycles. The Labute approximate surface area is 110 Å². The molecule has 1 aliphatic heterocycles. The van der Waals surface area contributed by atoms with Crippen molar-refractivity contribution < 1.29 is 0 Å². The van der Waals surface area contributed by atoms with Crippen molar-refractivity contribution in [1.29, 1.82) is 0 Å². The molecule has 2 heteroatoms. The maximum absolute atomic E-state index is 5.89. The first-order chi connectivity index (χ1) is 8.11. The summed E-state index contributed by atoms with van der Waals surface area (Å²) in [5.74, 6) is 0. The van der Waals surface area contributed by atoms with Gasteiger partial charge >= 0.3 is 0 Å². The molecule has 0 aromatic heterocycles. The number of rotatable bonds is 3.